The molecule has 1 aliphatic carbocycles. The molecule has 0 radical (unpaired) electrons. The van der Waals surface area contributed by atoms with E-state index < -0.39 is 0 Å². The summed E-state index contributed by atoms with van der Waals surface area (Å²) in [4.78, 5) is 4.61. The molecule has 0 N–H and O–H groups in total. The highest BCUT2D eigenvalue weighted by molar-refractivity contribution is 4.98. The number of rotatable bonds is 4. The molecule has 0 atom stereocenters. The van der Waals surface area contributed by atoms with Crippen LogP contribution in [0.2, 0.25) is 0 Å². The fraction of sp³-hybridized carbons (Fsp3) is 0.714. The van der Waals surface area contributed by atoms with Crippen LogP contribution in [-0.4, -0.2) is 29.5 Å². The first-order valence-electron chi connectivity index (χ1n) is 7.49. The van der Waals surface area contributed by atoms with Crippen molar-refractivity contribution in [3.8, 4) is 0 Å². The molecule has 6 nitrogen and oxygen atoms in total. The van der Waals surface area contributed by atoms with Crippen LogP contribution >= 0.6 is 0 Å². The first kappa shape index (κ1) is 13.3. The molecular weight excluding hydrogens is 252 g/mol. The molecule has 0 aliphatic heterocycles. The van der Waals surface area contributed by atoms with Crippen molar-refractivity contribution in [3.63, 3.8) is 0 Å². The van der Waals surface area contributed by atoms with E-state index in [0.29, 0.717) is 6.04 Å². The molecule has 1 aliphatic rings. The molecule has 0 spiro atoms. The van der Waals surface area contributed by atoms with E-state index in [1.165, 1.54) is 32.1 Å². The van der Waals surface area contributed by atoms with Crippen molar-refractivity contribution in [1.82, 2.24) is 29.5 Å². The second-order valence-electron chi connectivity index (χ2n) is 5.67. The molecule has 1 fully saturated rings. The van der Waals surface area contributed by atoms with Gasteiger partial charge in [-0.2, -0.15) is 5.10 Å². The van der Waals surface area contributed by atoms with E-state index in [9.17, 15) is 0 Å². The minimum atomic E-state index is 0.541. The molecule has 2 aromatic heterocycles. The monoisotopic (exact) mass is 274 g/mol. The second kappa shape index (κ2) is 5.73. The maximum atomic E-state index is 4.62. The summed E-state index contributed by atoms with van der Waals surface area (Å²) in [6.45, 7) is 1.98. The van der Waals surface area contributed by atoms with Gasteiger partial charge in [-0.05, 0) is 19.8 Å². The van der Waals surface area contributed by atoms with Crippen LogP contribution in [0.3, 0.4) is 0 Å². The van der Waals surface area contributed by atoms with Crippen LogP contribution in [0.15, 0.2) is 6.33 Å². The van der Waals surface area contributed by atoms with Gasteiger partial charge in [0.15, 0.2) is 0 Å². The van der Waals surface area contributed by atoms with Gasteiger partial charge in [0.05, 0.1) is 6.04 Å². The third-order valence-electron chi connectivity index (χ3n) is 4.11. The number of nitrogens with zero attached hydrogens (tertiary/aromatic N) is 6. The normalized spacial score (nSPS) is 16.7. The molecule has 6 heteroatoms. The zero-order valence-electron chi connectivity index (χ0n) is 12.3. The average Bonchev–Trinajstić information content (AvgIpc) is 3.03. The topological polar surface area (TPSA) is 61.4 Å². The Bertz CT molecular complexity index is 564. The average molecular weight is 274 g/mol. The van der Waals surface area contributed by atoms with E-state index in [1.54, 1.807) is 6.33 Å². The molecule has 0 amide bonds. The first-order chi connectivity index (χ1) is 9.74. The second-order valence-corrected chi connectivity index (χ2v) is 5.67. The minimum absolute atomic E-state index is 0.541. The van der Waals surface area contributed by atoms with Gasteiger partial charge in [-0.15, -0.1) is 10.2 Å². The molecule has 0 bridgehead atoms. The quantitative estimate of drug-likeness (QED) is 0.855. The highest BCUT2D eigenvalue weighted by atomic mass is 15.4. The third-order valence-corrected chi connectivity index (χ3v) is 4.11. The third kappa shape index (κ3) is 2.73. The lowest BCUT2D eigenvalue weighted by atomic mass is 9.95. The van der Waals surface area contributed by atoms with Crippen LogP contribution < -0.4 is 0 Å². The predicted octanol–water partition coefficient (Wildman–Crippen LogP) is 2.01. The lowest BCUT2D eigenvalue weighted by molar-refractivity contribution is 0.320. The minimum Gasteiger partial charge on any atom is -0.321 e. The zero-order valence-corrected chi connectivity index (χ0v) is 12.3. The van der Waals surface area contributed by atoms with Gasteiger partial charge in [-0.3, -0.25) is 0 Å². The molecular formula is C14H22N6. The highest BCUT2D eigenvalue weighted by Crippen LogP contribution is 2.28. The van der Waals surface area contributed by atoms with Gasteiger partial charge in [0.2, 0.25) is 0 Å². The summed E-state index contributed by atoms with van der Waals surface area (Å²) < 4.78 is 4.14. The van der Waals surface area contributed by atoms with E-state index in [2.05, 4.69) is 25.0 Å². The Hall–Kier alpha value is -1.72. The summed E-state index contributed by atoms with van der Waals surface area (Å²) in [6.07, 6.45) is 9.94. The van der Waals surface area contributed by atoms with E-state index in [0.717, 1.165) is 30.3 Å². The Morgan fingerprint density at radius 2 is 1.90 bits per heavy atom. The van der Waals surface area contributed by atoms with Gasteiger partial charge >= 0.3 is 0 Å². The van der Waals surface area contributed by atoms with Crippen molar-refractivity contribution in [3.05, 3.63) is 23.8 Å². The number of hydrogen-bond acceptors (Lipinski definition) is 4. The van der Waals surface area contributed by atoms with E-state index in [4.69, 9.17) is 0 Å². The Balaban J connectivity index is 1.74. The summed E-state index contributed by atoms with van der Waals surface area (Å²) in [7, 11) is 1.98. The van der Waals surface area contributed by atoms with Crippen molar-refractivity contribution in [2.24, 2.45) is 7.05 Å². The van der Waals surface area contributed by atoms with Crippen molar-refractivity contribution in [2.75, 3.05) is 0 Å². The number of hydrogen-bond donors (Lipinski definition) is 0. The number of aromatic nitrogens is 6. The molecule has 3 rings (SSSR count). The lowest BCUT2D eigenvalue weighted by Gasteiger charge is -2.23. The van der Waals surface area contributed by atoms with Crippen molar-refractivity contribution < 1.29 is 0 Å². The highest BCUT2D eigenvalue weighted by Gasteiger charge is 2.20. The van der Waals surface area contributed by atoms with Gasteiger partial charge < -0.3 is 4.57 Å². The molecule has 2 aromatic rings. The van der Waals surface area contributed by atoms with Gasteiger partial charge in [-0.25, -0.2) is 9.67 Å². The van der Waals surface area contributed by atoms with Crippen molar-refractivity contribution >= 4 is 0 Å². The Kier molecular flexibility index (Phi) is 3.80. The molecule has 20 heavy (non-hydrogen) atoms. The van der Waals surface area contributed by atoms with Gasteiger partial charge in [0.1, 0.15) is 23.8 Å². The SMILES string of the molecule is Cc1nc(CCc2nncn2C)n(C2CCCCC2)n1. The van der Waals surface area contributed by atoms with Crippen LogP contribution in [-0.2, 0) is 19.9 Å². The van der Waals surface area contributed by atoms with E-state index in [1.807, 2.05) is 18.5 Å². The Morgan fingerprint density at radius 1 is 1.15 bits per heavy atom. The fourth-order valence-electron chi connectivity index (χ4n) is 3.02. The largest absolute Gasteiger partial charge is 0.321 e. The van der Waals surface area contributed by atoms with Crippen LogP contribution in [0.25, 0.3) is 0 Å². The zero-order chi connectivity index (χ0) is 13.9. The lowest BCUT2D eigenvalue weighted by Crippen LogP contribution is -2.17. The number of aryl methyl sites for hydroxylation is 4. The Morgan fingerprint density at radius 3 is 2.60 bits per heavy atom. The van der Waals surface area contributed by atoms with Gasteiger partial charge in [0.25, 0.3) is 0 Å². The summed E-state index contributed by atoms with van der Waals surface area (Å²) in [5.74, 6) is 2.97. The van der Waals surface area contributed by atoms with Gasteiger partial charge in [0, 0.05) is 19.9 Å². The van der Waals surface area contributed by atoms with Gasteiger partial charge in [-0.1, -0.05) is 19.3 Å². The maximum Gasteiger partial charge on any atom is 0.147 e. The Labute approximate surface area is 119 Å². The van der Waals surface area contributed by atoms with Crippen molar-refractivity contribution in [1.29, 1.82) is 0 Å². The summed E-state index contributed by atoms with van der Waals surface area (Å²) in [5, 5.41) is 12.7. The smallest absolute Gasteiger partial charge is 0.147 e. The molecule has 0 saturated heterocycles. The summed E-state index contributed by atoms with van der Waals surface area (Å²) in [5.41, 5.74) is 0. The first-order valence-corrected chi connectivity index (χ1v) is 7.49. The van der Waals surface area contributed by atoms with E-state index >= 15 is 0 Å². The van der Waals surface area contributed by atoms with Crippen LogP contribution in [0.4, 0.5) is 0 Å². The molecule has 0 aromatic carbocycles. The molecule has 0 unspecified atom stereocenters. The maximum absolute atomic E-state index is 4.62. The van der Waals surface area contributed by atoms with Crippen LogP contribution in [0.5, 0.6) is 0 Å². The fourth-order valence-corrected chi connectivity index (χ4v) is 3.02. The van der Waals surface area contributed by atoms with Crippen LogP contribution in [0, 0.1) is 6.92 Å². The summed E-state index contributed by atoms with van der Waals surface area (Å²) in [6, 6.07) is 0.541. The summed E-state index contributed by atoms with van der Waals surface area (Å²) >= 11 is 0. The van der Waals surface area contributed by atoms with Crippen LogP contribution in [0.1, 0.15) is 55.6 Å². The predicted molar refractivity (Wildman–Crippen MR) is 75.3 cm³/mol. The molecule has 108 valence electrons. The molecule has 2 heterocycles. The molecule has 1 saturated carbocycles. The standard InChI is InChI=1S/C14H22N6/c1-11-16-13(8-9-14-17-15-10-19(14)2)20(18-11)12-6-4-3-5-7-12/h10,12H,3-9H2,1-2H3. The van der Waals surface area contributed by atoms with Crippen molar-refractivity contribution in [2.45, 2.75) is 57.9 Å². The van der Waals surface area contributed by atoms with E-state index in [-0.39, 0.29) is 0 Å².